The monoisotopic (exact) mass is 688 g/mol. The number of aliphatic hydroxyl groups excluding tert-OH is 4. The molecule has 0 spiro atoms. The molecule has 17 heteroatoms. The summed E-state index contributed by atoms with van der Waals surface area (Å²) >= 11 is 4.61. The van der Waals surface area contributed by atoms with Crippen LogP contribution in [-0.2, 0) is 22.3 Å². The van der Waals surface area contributed by atoms with Crippen molar-refractivity contribution in [3.63, 3.8) is 0 Å². The van der Waals surface area contributed by atoms with Crippen molar-refractivity contribution < 1.29 is 42.8 Å². The zero-order chi connectivity index (χ0) is 37.7. The van der Waals surface area contributed by atoms with Crippen LogP contribution in [0.15, 0.2) is 50.6 Å². The van der Waals surface area contributed by atoms with E-state index >= 15 is 0 Å². The Bertz CT molecular complexity index is 1680. The maximum atomic E-state index is 14.4. The first-order valence-corrected chi connectivity index (χ1v) is 14.7. The number of rotatable bonds is 11. The number of aryl methyl sites for hydroxylation is 2. The van der Waals surface area contributed by atoms with Crippen molar-refractivity contribution in [3.05, 3.63) is 62.0 Å². The van der Waals surface area contributed by atoms with Crippen molar-refractivity contribution >= 4 is 33.9 Å². The van der Waals surface area contributed by atoms with Gasteiger partial charge in [-0.3, -0.25) is 9.13 Å². The first-order chi connectivity index (χ1) is 24.6. The van der Waals surface area contributed by atoms with E-state index in [0.717, 1.165) is 24.2 Å². The highest BCUT2D eigenvalue weighted by atomic mass is 35.5. The van der Waals surface area contributed by atoms with Crippen molar-refractivity contribution in [2.45, 2.75) is 82.3 Å². The molecule has 4 aromatic heterocycles. The Labute approximate surface area is 281 Å². The van der Waals surface area contributed by atoms with Crippen molar-refractivity contribution in [3.8, 4) is 0 Å². The summed E-state index contributed by atoms with van der Waals surface area (Å²) in [6, 6.07) is 0. The number of hydrogen-bond acceptors (Lipinski definition) is 12. The second-order valence-corrected chi connectivity index (χ2v) is 10.3. The lowest BCUT2D eigenvalue weighted by molar-refractivity contribution is -0.0459. The summed E-state index contributed by atoms with van der Waals surface area (Å²) in [7, 11) is 1.25. The number of ether oxygens (including phenoxy) is 2. The minimum Gasteiger partial charge on any atom is -0.394 e. The van der Waals surface area contributed by atoms with Crippen molar-refractivity contribution in [2.24, 2.45) is 0 Å². The molecular formula is C30H41ClF2N8O6. The first-order valence-electron chi connectivity index (χ1n) is 16.8. The third kappa shape index (κ3) is 7.80. The summed E-state index contributed by atoms with van der Waals surface area (Å²) in [6.45, 7) is 6.67. The fourth-order valence-corrected chi connectivity index (χ4v) is 5.16. The lowest BCUT2D eigenvalue weighted by Crippen LogP contribution is -2.30. The Morgan fingerprint density at radius 2 is 1.34 bits per heavy atom. The molecular weight excluding hydrogens is 642 g/mol. The van der Waals surface area contributed by atoms with Crippen LogP contribution in [-0.4, -0.2) is 117 Å². The van der Waals surface area contributed by atoms with Gasteiger partial charge in [0.25, 0.3) is 0 Å². The van der Waals surface area contributed by atoms with Gasteiger partial charge < -0.3 is 29.9 Å². The summed E-state index contributed by atoms with van der Waals surface area (Å²) in [6.07, 6.45) is 0.697. The van der Waals surface area contributed by atoms with Gasteiger partial charge in [-0.05, 0) is 25.7 Å². The largest absolute Gasteiger partial charge is 0.394 e. The number of aliphatic hydroxyl groups is 4. The topological polar surface area (TPSA) is 187 Å². The van der Waals surface area contributed by atoms with E-state index in [1.165, 1.54) is 41.8 Å². The van der Waals surface area contributed by atoms with Crippen LogP contribution < -0.4 is 0 Å². The van der Waals surface area contributed by atoms with Gasteiger partial charge in [-0.1, -0.05) is 19.6 Å². The van der Waals surface area contributed by atoms with Crippen molar-refractivity contribution in [2.75, 3.05) is 19.5 Å². The molecule has 0 amide bonds. The van der Waals surface area contributed by atoms with Crippen LogP contribution in [0.4, 0.5) is 8.78 Å². The standard InChI is InChI=1S/2C14H17FN4O3.CH3Cl.CH4/c2*1-2-3-4-8-11-13(17-6-16-8)19(7-18-11)14-10(15)12(21)9(5-20)22-14;1-2;/h2*2,6-7,9-10,12,14,20-21H,1,3-5H2;1H3;1H4/t2*9-,10-,12-,14-;;/m11../s1/i20D;;1TD;1T. The molecule has 47 heavy (non-hydrogen) atoms. The van der Waals surface area contributed by atoms with Gasteiger partial charge >= 0.3 is 0 Å². The number of imidazole rings is 2. The van der Waals surface area contributed by atoms with E-state index in [-0.39, 0.29) is 6.61 Å². The zero-order valence-electron chi connectivity index (χ0n) is 29.6. The molecule has 0 aliphatic carbocycles. The van der Waals surface area contributed by atoms with E-state index in [0.29, 0.717) is 35.2 Å². The molecule has 6 rings (SSSR count). The van der Waals surface area contributed by atoms with Gasteiger partial charge in [-0.2, -0.15) is 0 Å². The Morgan fingerprint density at radius 3 is 1.72 bits per heavy atom. The molecule has 2 fully saturated rings. The van der Waals surface area contributed by atoms with E-state index in [4.69, 9.17) is 20.1 Å². The molecule has 0 radical (unpaired) electrons. The van der Waals surface area contributed by atoms with E-state index in [2.05, 4.69) is 59.8 Å². The van der Waals surface area contributed by atoms with Gasteiger partial charge in [0, 0.05) is 10.4 Å². The highest BCUT2D eigenvalue weighted by Crippen LogP contribution is 2.35. The van der Waals surface area contributed by atoms with Crippen LogP contribution in [0.1, 0.15) is 48.2 Å². The SMILES string of the molecule is C=CCCc1ncnc2c1ncn2[C@@H]1O[C@H](CO)[C@@H](O)[C@H]1F.[2H]C([3H])Cl.[2H]OC[C@H]1O[C@@H](n2cnc3c(CCC=C)ncnc32)[C@H](F)[C@@H]1O.[3H]C. The van der Waals surface area contributed by atoms with Crippen LogP contribution in [0.25, 0.3) is 22.3 Å². The summed E-state index contributed by atoms with van der Waals surface area (Å²) < 4.78 is 66.8. The van der Waals surface area contributed by atoms with E-state index in [1.54, 1.807) is 12.2 Å². The quantitative estimate of drug-likeness (QED) is 0.133. The third-order valence-electron chi connectivity index (χ3n) is 7.52. The number of nitrogens with zero attached hydrogens (tertiary/aromatic N) is 8. The van der Waals surface area contributed by atoms with Crippen LogP contribution >= 0.6 is 11.6 Å². The Balaban J connectivity index is 0.000000239. The van der Waals surface area contributed by atoms with Crippen LogP contribution in [0.2, 0.25) is 0 Å². The van der Waals surface area contributed by atoms with Gasteiger partial charge in [0.05, 0.1) is 37.3 Å². The molecule has 4 aromatic rings. The molecule has 14 nitrogen and oxygen atoms in total. The molecule has 1 unspecified atom stereocenters. The molecule has 2 aliphatic rings. The van der Waals surface area contributed by atoms with Gasteiger partial charge in [-0.15, -0.1) is 24.8 Å². The normalized spacial score (nSPS) is 28.3. The maximum Gasteiger partial charge on any atom is 0.210 e. The summed E-state index contributed by atoms with van der Waals surface area (Å²) in [5, 5.41) is 32.9. The number of fused-ring (bicyclic) bond motifs is 2. The van der Waals surface area contributed by atoms with E-state index in [9.17, 15) is 19.0 Å². The average Bonchev–Trinajstić information content (AvgIpc) is 3.89. The second kappa shape index (κ2) is 17.6. The number of halogens is 3. The molecule has 6 heterocycles. The minimum absolute atomic E-state index is 0.218. The highest BCUT2D eigenvalue weighted by Gasteiger charge is 2.46. The zero-order valence-corrected chi connectivity index (χ0v) is 26.4. The number of hydrogen-bond donors (Lipinski definition) is 4. The van der Waals surface area contributed by atoms with Crippen LogP contribution in [0, 0.1) is 0 Å². The lowest BCUT2D eigenvalue weighted by Gasteiger charge is -2.15. The Kier molecular flexibility index (Phi) is 12.0. The molecule has 4 N–H and O–H groups in total. The second-order valence-electron chi connectivity index (χ2n) is 10.3. The predicted molar refractivity (Wildman–Crippen MR) is 170 cm³/mol. The van der Waals surface area contributed by atoms with Crippen LogP contribution in [0.5, 0.6) is 0 Å². The molecule has 0 bridgehead atoms. The summed E-state index contributed by atoms with van der Waals surface area (Å²) in [4.78, 5) is 25.2. The summed E-state index contributed by atoms with van der Waals surface area (Å²) in [5.74, 6) is 0. The van der Waals surface area contributed by atoms with Gasteiger partial charge in [0.15, 0.2) is 36.1 Å². The number of allylic oxidation sites excluding steroid dienone is 2. The minimum atomic E-state index is -1.67. The molecule has 258 valence electrons. The highest BCUT2D eigenvalue weighted by molar-refractivity contribution is 6.15. The number of aromatic nitrogens is 8. The molecule has 2 saturated heterocycles. The molecule has 2 aliphatic heterocycles. The Morgan fingerprint density at radius 1 is 0.915 bits per heavy atom. The summed E-state index contributed by atoms with van der Waals surface area (Å²) in [5.41, 5.74) is 3.51. The van der Waals surface area contributed by atoms with Gasteiger partial charge in [-0.25, -0.2) is 38.7 Å². The van der Waals surface area contributed by atoms with Gasteiger partial charge in [0.1, 0.15) is 48.1 Å². The van der Waals surface area contributed by atoms with Crippen molar-refractivity contribution in [1.29, 1.82) is 1.43 Å². The Hall–Kier alpha value is -3.51. The maximum absolute atomic E-state index is 14.4. The van der Waals surface area contributed by atoms with E-state index < -0.39 is 62.2 Å². The van der Waals surface area contributed by atoms with Crippen LogP contribution in [0.3, 0.4) is 0 Å². The van der Waals surface area contributed by atoms with E-state index in [1.807, 2.05) is 0 Å². The fraction of sp³-hybridized carbons (Fsp3) is 0.533. The molecule has 0 saturated carbocycles. The molecule has 0 aromatic carbocycles. The smallest absolute Gasteiger partial charge is 0.210 e. The predicted octanol–water partition coefficient (Wildman–Crippen LogP) is 2.56. The lowest BCUT2D eigenvalue weighted by atomic mass is 10.1. The van der Waals surface area contributed by atoms with Gasteiger partial charge in [0.2, 0.25) is 1.43 Å². The molecule has 9 atom stereocenters. The number of alkyl halides is 3. The van der Waals surface area contributed by atoms with Crippen molar-refractivity contribution in [1.82, 2.24) is 39.0 Å². The fourth-order valence-electron chi connectivity index (χ4n) is 5.16. The third-order valence-corrected chi connectivity index (χ3v) is 7.52. The first kappa shape index (κ1) is 32.1. The average molecular weight is 689 g/mol.